The van der Waals surface area contributed by atoms with Gasteiger partial charge in [0.05, 0.1) is 25.7 Å². The van der Waals surface area contributed by atoms with E-state index in [2.05, 4.69) is 0 Å². The van der Waals surface area contributed by atoms with Crippen LogP contribution in [0.4, 0.5) is 0 Å². The fourth-order valence-electron chi connectivity index (χ4n) is 2.69. The highest BCUT2D eigenvalue weighted by Gasteiger charge is 2.14. The summed E-state index contributed by atoms with van der Waals surface area (Å²) in [5.41, 5.74) is 1.86. The average molecular weight is 455 g/mol. The lowest BCUT2D eigenvalue weighted by molar-refractivity contribution is 0.139. The van der Waals surface area contributed by atoms with Gasteiger partial charge < -0.3 is 18.8 Å². The second-order valence-electron chi connectivity index (χ2n) is 6.19. The highest BCUT2D eigenvalue weighted by molar-refractivity contribution is 7.85. The molecule has 3 rings (SSSR count). The fourth-order valence-corrected chi connectivity index (χ4v) is 4.22. The van der Waals surface area contributed by atoms with Gasteiger partial charge in [0.25, 0.3) is 10.1 Å². The maximum atomic E-state index is 10.5. The number of ether oxygens (including phenoxy) is 3. The Labute approximate surface area is 179 Å². The molecule has 0 radical (unpaired) electrons. The van der Waals surface area contributed by atoms with E-state index in [1.165, 1.54) is 23.5 Å². The third-order valence-electron chi connectivity index (χ3n) is 4.19. The molecule has 0 unspecified atom stereocenters. The molecule has 2 N–H and O–H groups in total. The van der Waals surface area contributed by atoms with Gasteiger partial charge in [0.15, 0.2) is 4.80 Å². The number of hydrogen-bond donors (Lipinski definition) is 2. The van der Waals surface area contributed by atoms with Crippen LogP contribution in [0.1, 0.15) is 12.5 Å². The first-order chi connectivity index (χ1) is 14.2. The third kappa shape index (κ3) is 5.82. The number of methoxy groups -OCH3 is 2. The van der Waals surface area contributed by atoms with Crippen molar-refractivity contribution in [3.63, 3.8) is 0 Å². The molecule has 2 aromatic carbocycles. The smallest absolute Gasteiger partial charge is 0.294 e. The molecule has 0 aliphatic rings. The zero-order valence-corrected chi connectivity index (χ0v) is 19.0. The Hall–Kier alpha value is -2.40. The molecule has 0 bridgehead atoms. The minimum Gasteiger partial charge on any atom is -0.495 e. The Balaban J connectivity index is 0.000000248. The van der Waals surface area contributed by atoms with Gasteiger partial charge in [-0.25, -0.2) is 0 Å². The fraction of sp³-hybridized carbons (Fsp3) is 0.350. The molecule has 0 aliphatic heterocycles. The van der Waals surface area contributed by atoms with E-state index in [9.17, 15) is 8.42 Å². The van der Waals surface area contributed by atoms with E-state index in [0.717, 1.165) is 27.3 Å². The van der Waals surface area contributed by atoms with E-state index >= 15 is 0 Å². The van der Waals surface area contributed by atoms with Gasteiger partial charge in [-0.1, -0.05) is 29.0 Å². The van der Waals surface area contributed by atoms with E-state index in [4.69, 9.17) is 24.2 Å². The molecule has 164 valence electrons. The van der Waals surface area contributed by atoms with Crippen molar-refractivity contribution in [3.8, 4) is 11.5 Å². The van der Waals surface area contributed by atoms with Gasteiger partial charge in [0.1, 0.15) is 21.7 Å². The van der Waals surface area contributed by atoms with Crippen LogP contribution in [0.3, 0.4) is 0 Å². The number of rotatable bonds is 7. The molecule has 0 fully saturated rings. The highest BCUT2D eigenvalue weighted by Crippen LogP contribution is 2.34. The van der Waals surface area contributed by atoms with Crippen molar-refractivity contribution in [1.82, 2.24) is 4.57 Å². The molecule has 0 saturated carbocycles. The van der Waals surface area contributed by atoms with Crippen molar-refractivity contribution in [2.24, 2.45) is 0 Å². The molecule has 0 saturated heterocycles. The molecule has 10 heteroatoms. The third-order valence-corrected chi connectivity index (χ3v) is 6.07. The lowest BCUT2D eigenvalue weighted by atomic mass is 10.2. The van der Waals surface area contributed by atoms with E-state index in [-0.39, 0.29) is 4.90 Å². The topological polar surface area (TPSA) is 111 Å². The van der Waals surface area contributed by atoms with Crippen molar-refractivity contribution < 1.29 is 27.2 Å². The predicted molar refractivity (Wildman–Crippen MR) is 116 cm³/mol. The first-order valence-electron chi connectivity index (χ1n) is 9.13. The first-order valence-corrected chi connectivity index (χ1v) is 11.4. The number of aryl methyl sites for hydroxylation is 1. The van der Waals surface area contributed by atoms with Crippen molar-refractivity contribution in [2.45, 2.75) is 25.3 Å². The lowest BCUT2D eigenvalue weighted by Crippen LogP contribution is -2.17. The van der Waals surface area contributed by atoms with Gasteiger partial charge in [0.2, 0.25) is 0 Å². The van der Waals surface area contributed by atoms with Gasteiger partial charge in [0, 0.05) is 13.2 Å². The Morgan fingerprint density at radius 3 is 2.20 bits per heavy atom. The van der Waals surface area contributed by atoms with E-state index in [1.54, 1.807) is 26.4 Å². The first kappa shape index (κ1) is 23.9. The molecule has 8 nitrogen and oxygen atoms in total. The summed E-state index contributed by atoms with van der Waals surface area (Å²) in [6.07, 6.45) is 0. The molecular weight excluding hydrogens is 428 g/mol. The second kappa shape index (κ2) is 10.6. The minimum atomic E-state index is -4.02. The van der Waals surface area contributed by atoms with Crippen LogP contribution in [0.5, 0.6) is 11.5 Å². The molecule has 1 heterocycles. The monoisotopic (exact) mass is 454 g/mol. The van der Waals surface area contributed by atoms with Crippen LogP contribution in [0.25, 0.3) is 10.2 Å². The van der Waals surface area contributed by atoms with Crippen LogP contribution < -0.4 is 14.3 Å². The second-order valence-corrected chi connectivity index (χ2v) is 8.61. The van der Waals surface area contributed by atoms with Gasteiger partial charge in [-0.15, -0.1) is 0 Å². The zero-order valence-electron chi connectivity index (χ0n) is 17.3. The Bertz CT molecular complexity index is 1130. The summed E-state index contributed by atoms with van der Waals surface area (Å²) in [6.45, 7) is 5.70. The summed E-state index contributed by atoms with van der Waals surface area (Å²) in [5.74, 6) is 1.52. The molecule has 30 heavy (non-hydrogen) atoms. The van der Waals surface area contributed by atoms with Crippen molar-refractivity contribution in [3.05, 3.63) is 46.8 Å². The van der Waals surface area contributed by atoms with E-state index < -0.39 is 10.1 Å². The molecule has 0 spiro atoms. The number of aromatic nitrogens is 1. The molecular formula is C20H26N2O6S2. The van der Waals surface area contributed by atoms with Crippen molar-refractivity contribution in [2.75, 3.05) is 27.4 Å². The number of fused-ring (bicyclic) bond motifs is 1. The summed E-state index contributed by atoms with van der Waals surface area (Å²) in [5, 5.41) is 8.09. The van der Waals surface area contributed by atoms with Crippen molar-refractivity contribution in [1.29, 1.82) is 5.41 Å². The summed E-state index contributed by atoms with van der Waals surface area (Å²) < 4.78 is 48.5. The normalized spacial score (nSPS) is 11.1. The number of benzene rings is 2. The van der Waals surface area contributed by atoms with Gasteiger partial charge in [-0.05, 0) is 38.1 Å². The lowest BCUT2D eigenvalue weighted by Gasteiger charge is -2.10. The minimum absolute atomic E-state index is 0.0666. The van der Waals surface area contributed by atoms with Gasteiger partial charge >= 0.3 is 0 Å². The molecule has 0 aliphatic carbocycles. The van der Waals surface area contributed by atoms with Crippen LogP contribution >= 0.6 is 11.3 Å². The number of thiazole rings is 1. The van der Waals surface area contributed by atoms with Crippen LogP contribution in [-0.2, 0) is 21.4 Å². The van der Waals surface area contributed by atoms with Gasteiger partial charge in [-0.2, -0.15) is 8.42 Å². The number of nitrogens with one attached hydrogen (secondary N) is 1. The molecule has 3 aromatic rings. The Morgan fingerprint density at radius 2 is 1.67 bits per heavy atom. The average Bonchev–Trinajstić information content (AvgIpc) is 3.04. The summed E-state index contributed by atoms with van der Waals surface area (Å²) in [6, 6.07) is 9.72. The number of nitrogens with zero attached hydrogens (tertiary/aromatic N) is 1. The number of hydrogen-bond acceptors (Lipinski definition) is 7. The Kier molecular flexibility index (Phi) is 8.42. The maximum Gasteiger partial charge on any atom is 0.294 e. The van der Waals surface area contributed by atoms with Crippen molar-refractivity contribution >= 4 is 31.7 Å². The summed E-state index contributed by atoms with van der Waals surface area (Å²) in [7, 11) is -0.751. The zero-order chi connectivity index (χ0) is 22.3. The summed E-state index contributed by atoms with van der Waals surface area (Å²) in [4.78, 5) is 0.403. The standard InChI is InChI=1S/C13H18N2O3S.C7H8O3S/c1-4-18-8-7-15-11-9(16-2)5-6-10(17-3)12(11)19-13(15)14;1-6-2-4-7(5-3-6)11(8,9)10/h5-6,14H,4,7-8H2,1-3H3;2-5H,1H3,(H,8,9,10). The van der Waals surface area contributed by atoms with Crippen LogP contribution in [0.15, 0.2) is 41.3 Å². The van der Waals surface area contributed by atoms with Crippen LogP contribution in [0.2, 0.25) is 0 Å². The van der Waals surface area contributed by atoms with Crippen LogP contribution in [0, 0.1) is 12.3 Å². The highest BCUT2D eigenvalue weighted by atomic mass is 32.2. The maximum absolute atomic E-state index is 10.5. The molecule has 0 atom stereocenters. The van der Waals surface area contributed by atoms with E-state index in [1.807, 2.05) is 30.5 Å². The SMILES string of the molecule is CCOCCn1c(=N)sc2c(OC)ccc(OC)c21.Cc1ccc(S(=O)(=O)O)cc1. The van der Waals surface area contributed by atoms with Gasteiger partial charge in [-0.3, -0.25) is 9.96 Å². The quantitative estimate of drug-likeness (QED) is 0.418. The largest absolute Gasteiger partial charge is 0.495 e. The van der Waals surface area contributed by atoms with Crippen LogP contribution in [-0.4, -0.2) is 45.0 Å². The molecule has 0 amide bonds. The predicted octanol–water partition coefficient (Wildman–Crippen LogP) is 3.48. The molecule has 1 aromatic heterocycles. The summed E-state index contributed by atoms with van der Waals surface area (Å²) >= 11 is 1.39. The van der Waals surface area contributed by atoms with E-state index in [0.29, 0.717) is 24.6 Å². The Morgan fingerprint density at radius 1 is 1.07 bits per heavy atom.